The number of carbonyl (C=O) groups is 1. The summed E-state index contributed by atoms with van der Waals surface area (Å²) in [4.78, 5) is 19.4. The van der Waals surface area contributed by atoms with Crippen LogP contribution in [0.1, 0.15) is 24.6 Å². The van der Waals surface area contributed by atoms with Gasteiger partial charge in [0.15, 0.2) is 5.65 Å². The number of aromatic nitrogens is 3. The van der Waals surface area contributed by atoms with Crippen molar-refractivity contribution in [1.82, 2.24) is 25.2 Å². The van der Waals surface area contributed by atoms with Crippen LogP contribution in [0.4, 0.5) is 5.82 Å². The molecule has 0 aromatic carbocycles. The zero-order valence-corrected chi connectivity index (χ0v) is 15.4. The van der Waals surface area contributed by atoms with Crippen LogP contribution in [-0.4, -0.2) is 53.2 Å². The number of rotatable bonds is 5. The highest BCUT2D eigenvalue weighted by Gasteiger charge is 2.36. The van der Waals surface area contributed by atoms with Crippen molar-refractivity contribution in [1.29, 1.82) is 0 Å². The standard InChI is InChI=1S/C19H26N6O/c1-13(2)3-9-21-18(26)14-11-24(12-14)19-15-4-7-20-8-5-16(15)23-17-6-10-22-25(17)19/h6,10,13-14,20H,1,3-5,7-9,11-12H2,2H3/p+1. The fraction of sp³-hybridized carbons (Fsp3) is 0.579. The number of nitrogens with one attached hydrogen (secondary N) is 2. The average Bonchev–Trinajstić information content (AvgIpc) is 2.89. The molecule has 1 atom stereocenters. The summed E-state index contributed by atoms with van der Waals surface area (Å²) in [7, 11) is 0. The van der Waals surface area contributed by atoms with Gasteiger partial charge >= 0.3 is 0 Å². The van der Waals surface area contributed by atoms with Gasteiger partial charge in [-0.25, -0.2) is 4.98 Å². The van der Waals surface area contributed by atoms with Gasteiger partial charge in [0.2, 0.25) is 5.91 Å². The minimum absolute atomic E-state index is 0.0495. The fourth-order valence-electron chi connectivity index (χ4n) is 3.74. The summed E-state index contributed by atoms with van der Waals surface area (Å²) >= 11 is 0. The second kappa shape index (κ2) is 7.15. The highest BCUT2D eigenvalue weighted by Crippen LogP contribution is 2.31. The summed E-state index contributed by atoms with van der Waals surface area (Å²) in [6.45, 7) is 10.1. The number of carbonyl (C=O) groups excluding carboxylic acids is 1. The zero-order valence-electron chi connectivity index (χ0n) is 15.4. The lowest BCUT2D eigenvalue weighted by atomic mass is 9.97. The maximum Gasteiger partial charge on any atom is 0.226 e. The van der Waals surface area contributed by atoms with Crippen molar-refractivity contribution in [2.45, 2.75) is 26.2 Å². The molecule has 2 aliphatic heterocycles. The third kappa shape index (κ3) is 3.23. The monoisotopic (exact) mass is 355 g/mol. The molecule has 4 heterocycles. The first-order chi connectivity index (χ1) is 12.6. The first-order valence-corrected chi connectivity index (χ1v) is 9.55. The van der Waals surface area contributed by atoms with E-state index in [4.69, 9.17) is 4.98 Å². The normalized spacial score (nSPS) is 18.9. The average molecular weight is 355 g/mol. The molecular formula is C19H27N6O+. The summed E-state index contributed by atoms with van der Waals surface area (Å²) in [5, 5.41) is 11.0. The second-order valence-corrected chi connectivity index (χ2v) is 7.50. The number of amides is 1. The largest absolute Gasteiger partial charge is 0.356 e. The lowest BCUT2D eigenvalue weighted by Gasteiger charge is -2.41. The Labute approximate surface area is 154 Å². The first-order valence-electron chi connectivity index (χ1n) is 9.55. The molecule has 1 fully saturated rings. The summed E-state index contributed by atoms with van der Waals surface area (Å²) in [5.74, 6) is 1.69. The van der Waals surface area contributed by atoms with Gasteiger partial charge in [-0.2, -0.15) is 9.61 Å². The molecule has 0 spiro atoms. The van der Waals surface area contributed by atoms with Crippen molar-refractivity contribution >= 4 is 17.4 Å². The Kier molecular flexibility index (Phi) is 4.72. The molecule has 0 bridgehead atoms. The maximum atomic E-state index is 12.3. The molecule has 1 unspecified atom stereocenters. The molecular weight excluding hydrogens is 328 g/mol. The smallest absolute Gasteiger partial charge is 0.226 e. The fourth-order valence-corrected chi connectivity index (χ4v) is 3.74. The van der Waals surface area contributed by atoms with Crippen LogP contribution in [0.25, 0.3) is 5.65 Å². The van der Waals surface area contributed by atoms with E-state index in [0.717, 1.165) is 62.6 Å². The highest BCUT2D eigenvalue weighted by molar-refractivity contribution is 5.82. The van der Waals surface area contributed by atoms with Crippen molar-refractivity contribution in [2.75, 3.05) is 37.6 Å². The van der Waals surface area contributed by atoms with E-state index in [0.29, 0.717) is 12.5 Å². The van der Waals surface area contributed by atoms with Gasteiger partial charge in [-0.15, -0.1) is 0 Å². The van der Waals surface area contributed by atoms with Gasteiger partial charge < -0.3 is 15.5 Å². The molecule has 0 aliphatic carbocycles. The molecule has 0 radical (unpaired) electrons. The van der Waals surface area contributed by atoms with Crippen molar-refractivity contribution in [2.24, 2.45) is 11.8 Å². The first kappa shape index (κ1) is 17.1. The third-order valence-electron chi connectivity index (χ3n) is 5.27. The Balaban J connectivity index is 1.50. The predicted octanol–water partition coefficient (Wildman–Crippen LogP) is 0.830. The van der Waals surface area contributed by atoms with E-state index in [1.807, 2.05) is 10.6 Å². The summed E-state index contributed by atoms with van der Waals surface area (Å²) in [6.07, 6.45) is 4.60. The zero-order chi connectivity index (χ0) is 18.1. The molecule has 2 aromatic rings. The van der Waals surface area contributed by atoms with Gasteiger partial charge in [0, 0.05) is 50.7 Å². The molecule has 2 aliphatic rings. The summed E-state index contributed by atoms with van der Waals surface area (Å²) < 4.78 is 1.93. The molecule has 4 rings (SSSR count). The minimum Gasteiger partial charge on any atom is -0.356 e. The second-order valence-electron chi connectivity index (χ2n) is 7.50. The van der Waals surface area contributed by atoms with Gasteiger partial charge in [0.1, 0.15) is 5.82 Å². The molecule has 7 heteroatoms. The molecule has 1 amide bonds. The van der Waals surface area contributed by atoms with Crippen molar-refractivity contribution in [3.63, 3.8) is 0 Å². The van der Waals surface area contributed by atoms with Crippen LogP contribution in [0, 0.1) is 18.8 Å². The van der Waals surface area contributed by atoms with Gasteiger partial charge in [-0.1, -0.05) is 0 Å². The van der Waals surface area contributed by atoms with E-state index in [2.05, 4.69) is 34.5 Å². The minimum atomic E-state index is 0.0495. The van der Waals surface area contributed by atoms with E-state index in [1.54, 1.807) is 6.20 Å². The van der Waals surface area contributed by atoms with Crippen LogP contribution in [0.3, 0.4) is 0 Å². The van der Waals surface area contributed by atoms with Gasteiger partial charge in [0.25, 0.3) is 0 Å². The quantitative estimate of drug-likeness (QED) is 0.777. The molecule has 26 heavy (non-hydrogen) atoms. The van der Waals surface area contributed by atoms with Crippen LogP contribution < -0.4 is 15.5 Å². The summed E-state index contributed by atoms with van der Waals surface area (Å²) in [5.41, 5.74) is 3.32. The number of hydrogen-bond acceptors (Lipinski definition) is 5. The van der Waals surface area contributed by atoms with Crippen LogP contribution in [0.5, 0.6) is 0 Å². The van der Waals surface area contributed by atoms with E-state index >= 15 is 0 Å². The van der Waals surface area contributed by atoms with Gasteiger partial charge in [-0.3, -0.25) is 4.79 Å². The van der Waals surface area contributed by atoms with Crippen LogP contribution in [0.2, 0.25) is 0 Å². The number of hydrogen-bond donors (Lipinski definition) is 2. The van der Waals surface area contributed by atoms with Crippen LogP contribution >= 0.6 is 0 Å². The molecule has 2 aromatic heterocycles. The number of nitrogens with zero attached hydrogens (tertiary/aromatic N) is 4. The maximum absolute atomic E-state index is 12.3. The van der Waals surface area contributed by atoms with Crippen LogP contribution in [0.15, 0.2) is 12.3 Å². The Morgan fingerprint density at radius 2 is 2.23 bits per heavy atom. The van der Waals surface area contributed by atoms with E-state index in [-0.39, 0.29) is 11.8 Å². The van der Waals surface area contributed by atoms with Crippen molar-refractivity contribution in [3.05, 3.63) is 30.4 Å². The molecule has 7 nitrogen and oxygen atoms in total. The Morgan fingerprint density at radius 1 is 1.42 bits per heavy atom. The predicted molar refractivity (Wildman–Crippen MR) is 101 cm³/mol. The molecule has 138 valence electrons. The van der Waals surface area contributed by atoms with Gasteiger partial charge in [-0.05, 0) is 19.9 Å². The lowest BCUT2D eigenvalue weighted by molar-refractivity contribution is -0.125. The van der Waals surface area contributed by atoms with Crippen LogP contribution in [-0.2, 0) is 17.6 Å². The SMILES string of the molecule is [CH2+]C(C)CCNC(=O)C1CN(c2c3c(nc4ccnn24)CCNCC3)C1. The van der Waals surface area contributed by atoms with Crippen molar-refractivity contribution < 1.29 is 4.79 Å². The summed E-state index contributed by atoms with van der Waals surface area (Å²) in [6, 6.07) is 1.95. The lowest BCUT2D eigenvalue weighted by Crippen LogP contribution is -2.54. The van der Waals surface area contributed by atoms with E-state index in [1.165, 1.54) is 5.56 Å². The highest BCUT2D eigenvalue weighted by atomic mass is 16.2. The molecule has 0 saturated carbocycles. The topological polar surface area (TPSA) is 74.6 Å². The molecule has 1 saturated heterocycles. The van der Waals surface area contributed by atoms with Gasteiger partial charge in [0.05, 0.1) is 30.7 Å². The molecule has 2 N–H and O–H groups in total. The van der Waals surface area contributed by atoms with Crippen molar-refractivity contribution in [3.8, 4) is 0 Å². The number of fused-ring (bicyclic) bond motifs is 2. The Morgan fingerprint density at radius 3 is 3.04 bits per heavy atom. The Hall–Kier alpha value is -2.28. The Bertz CT molecular complexity index is 793. The number of anilines is 1. The van der Waals surface area contributed by atoms with E-state index in [9.17, 15) is 4.79 Å². The third-order valence-corrected chi connectivity index (χ3v) is 5.27. The van der Waals surface area contributed by atoms with E-state index < -0.39 is 0 Å².